The highest BCUT2D eigenvalue weighted by atomic mass is 16.3. The van der Waals surface area contributed by atoms with Crippen molar-refractivity contribution in [2.75, 3.05) is 19.6 Å². The van der Waals surface area contributed by atoms with Crippen molar-refractivity contribution in [3.8, 4) is 0 Å². The van der Waals surface area contributed by atoms with E-state index in [9.17, 15) is 9.90 Å². The molecule has 4 heteroatoms. The molecule has 1 fully saturated rings. The lowest BCUT2D eigenvalue weighted by molar-refractivity contribution is -0.118. The number of rotatable bonds is 4. The highest BCUT2D eigenvalue weighted by molar-refractivity contribution is 5.73. The highest BCUT2D eigenvalue weighted by Gasteiger charge is 2.16. The van der Waals surface area contributed by atoms with E-state index in [1.54, 1.807) is 0 Å². The van der Waals surface area contributed by atoms with Crippen LogP contribution < -0.4 is 5.73 Å². The first-order valence-electron chi connectivity index (χ1n) is 4.87. The van der Waals surface area contributed by atoms with Crippen LogP contribution in [0.5, 0.6) is 0 Å². The summed E-state index contributed by atoms with van der Waals surface area (Å²) in [5, 5.41) is 9.24. The van der Waals surface area contributed by atoms with Crippen LogP contribution >= 0.6 is 0 Å². The second-order valence-corrected chi connectivity index (χ2v) is 3.64. The summed E-state index contributed by atoms with van der Waals surface area (Å²) >= 11 is 0. The second kappa shape index (κ2) is 5.19. The molecule has 0 atom stereocenters. The van der Waals surface area contributed by atoms with Crippen molar-refractivity contribution in [3.05, 3.63) is 0 Å². The van der Waals surface area contributed by atoms with Gasteiger partial charge in [-0.25, -0.2) is 0 Å². The van der Waals surface area contributed by atoms with Crippen LogP contribution in [0, 0.1) is 0 Å². The number of hydrogen-bond donors (Lipinski definition) is 2. The smallest absolute Gasteiger partial charge is 0.217 e. The fourth-order valence-electron chi connectivity index (χ4n) is 1.62. The molecule has 3 N–H and O–H groups in total. The number of aliphatic hydroxyl groups is 1. The fraction of sp³-hybridized carbons (Fsp3) is 0.889. The molecule has 0 aliphatic carbocycles. The van der Waals surface area contributed by atoms with Gasteiger partial charge in [0.05, 0.1) is 6.10 Å². The minimum atomic E-state index is -0.225. The number of likely N-dealkylation sites (tertiary alicyclic amines) is 1. The van der Waals surface area contributed by atoms with Crippen molar-refractivity contribution in [1.29, 1.82) is 0 Å². The summed E-state index contributed by atoms with van der Waals surface area (Å²) in [6.45, 7) is 2.81. The Balaban J connectivity index is 2.05. The van der Waals surface area contributed by atoms with Gasteiger partial charge in [-0.1, -0.05) is 0 Å². The van der Waals surface area contributed by atoms with Crippen LogP contribution in [0.1, 0.15) is 25.7 Å². The molecule has 0 saturated carbocycles. The molecule has 1 rings (SSSR count). The van der Waals surface area contributed by atoms with Gasteiger partial charge in [0.2, 0.25) is 5.91 Å². The number of nitrogens with two attached hydrogens (primary N) is 1. The quantitative estimate of drug-likeness (QED) is 0.634. The molecule has 1 amide bonds. The van der Waals surface area contributed by atoms with Gasteiger partial charge in [-0.15, -0.1) is 0 Å². The van der Waals surface area contributed by atoms with Crippen LogP contribution in [-0.4, -0.2) is 41.7 Å². The summed E-state index contributed by atoms with van der Waals surface area (Å²) in [6.07, 6.45) is 2.91. The third-order valence-corrected chi connectivity index (χ3v) is 2.45. The fourth-order valence-corrected chi connectivity index (χ4v) is 1.62. The average molecular weight is 186 g/mol. The summed E-state index contributed by atoms with van der Waals surface area (Å²) in [4.78, 5) is 12.7. The molecule has 1 aliphatic rings. The molecular formula is C9H18N2O2. The summed E-state index contributed by atoms with van der Waals surface area (Å²) in [5.41, 5.74) is 5.03. The molecule has 13 heavy (non-hydrogen) atoms. The summed E-state index contributed by atoms with van der Waals surface area (Å²) in [5.74, 6) is -0.225. The number of carbonyl (C=O) groups is 1. The maximum absolute atomic E-state index is 10.5. The van der Waals surface area contributed by atoms with Gasteiger partial charge in [0.15, 0.2) is 0 Å². The van der Waals surface area contributed by atoms with E-state index in [4.69, 9.17) is 5.73 Å². The Kier molecular flexibility index (Phi) is 4.18. The molecule has 4 nitrogen and oxygen atoms in total. The average Bonchev–Trinajstić information content (AvgIpc) is 2.08. The van der Waals surface area contributed by atoms with E-state index < -0.39 is 0 Å². The topological polar surface area (TPSA) is 66.6 Å². The third-order valence-electron chi connectivity index (χ3n) is 2.45. The zero-order valence-electron chi connectivity index (χ0n) is 7.91. The number of aliphatic hydroxyl groups excluding tert-OH is 1. The van der Waals surface area contributed by atoms with E-state index >= 15 is 0 Å². The Labute approximate surface area is 78.7 Å². The molecule has 1 saturated heterocycles. The molecule has 0 aromatic carbocycles. The number of piperidine rings is 1. The van der Waals surface area contributed by atoms with Gasteiger partial charge < -0.3 is 15.7 Å². The first kappa shape index (κ1) is 10.5. The monoisotopic (exact) mass is 186 g/mol. The summed E-state index contributed by atoms with van der Waals surface area (Å²) in [6, 6.07) is 0. The van der Waals surface area contributed by atoms with Gasteiger partial charge >= 0.3 is 0 Å². The van der Waals surface area contributed by atoms with E-state index in [1.807, 2.05) is 0 Å². The molecule has 1 heterocycles. The standard InChI is InChI=1S/C9H18N2O2/c10-9(13)2-1-5-11-6-3-8(12)4-7-11/h8,12H,1-7H2,(H2,10,13). The lowest BCUT2D eigenvalue weighted by Crippen LogP contribution is -2.36. The van der Waals surface area contributed by atoms with E-state index in [-0.39, 0.29) is 12.0 Å². The van der Waals surface area contributed by atoms with E-state index in [0.717, 1.165) is 38.9 Å². The van der Waals surface area contributed by atoms with Crippen molar-refractivity contribution in [2.45, 2.75) is 31.8 Å². The first-order valence-corrected chi connectivity index (χ1v) is 4.87. The molecule has 76 valence electrons. The van der Waals surface area contributed by atoms with Gasteiger partial charge in [0.1, 0.15) is 0 Å². The first-order chi connectivity index (χ1) is 6.18. The normalized spacial score (nSPS) is 20.4. The predicted molar refractivity (Wildman–Crippen MR) is 50.1 cm³/mol. The lowest BCUT2D eigenvalue weighted by atomic mass is 10.1. The summed E-state index contributed by atoms with van der Waals surface area (Å²) in [7, 11) is 0. The molecular weight excluding hydrogens is 168 g/mol. The Morgan fingerprint density at radius 3 is 2.62 bits per heavy atom. The van der Waals surface area contributed by atoms with Crippen molar-refractivity contribution in [2.24, 2.45) is 5.73 Å². The molecule has 0 unspecified atom stereocenters. The largest absolute Gasteiger partial charge is 0.393 e. The second-order valence-electron chi connectivity index (χ2n) is 3.64. The molecule has 0 aromatic rings. The molecule has 0 bridgehead atoms. The number of amides is 1. The van der Waals surface area contributed by atoms with Crippen LogP contribution in [0.15, 0.2) is 0 Å². The maximum atomic E-state index is 10.5. The minimum Gasteiger partial charge on any atom is -0.393 e. The van der Waals surface area contributed by atoms with E-state index in [2.05, 4.69) is 4.90 Å². The van der Waals surface area contributed by atoms with Crippen molar-refractivity contribution < 1.29 is 9.90 Å². The Hall–Kier alpha value is -0.610. The Morgan fingerprint density at radius 2 is 2.08 bits per heavy atom. The van der Waals surface area contributed by atoms with E-state index in [0.29, 0.717) is 6.42 Å². The van der Waals surface area contributed by atoms with Crippen LogP contribution in [0.4, 0.5) is 0 Å². The van der Waals surface area contributed by atoms with Crippen LogP contribution in [0.2, 0.25) is 0 Å². The van der Waals surface area contributed by atoms with Gasteiger partial charge in [0.25, 0.3) is 0 Å². The maximum Gasteiger partial charge on any atom is 0.217 e. The number of primary amides is 1. The van der Waals surface area contributed by atoms with Crippen LogP contribution in [-0.2, 0) is 4.79 Å². The zero-order chi connectivity index (χ0) is 9.68. The van der Waals surface area contributed by atoms with Crippen molar-refractivity contribution in [3.63, 3.8) is 0 Å². The molecule has 1 aliphatic heterocycles. The Morgan fingerprint density at radius 1 is 1.46 bits per heavy atom. The number of hydrogen-bond acceptors (Lipinski definition) is 3. The summed E-state index contributed by atoms with van der Waals surface area (Å²) < 4.78 is 0. The SMILES string of the molecule is NC(=O)CCCN1CCC(O)CC1. The minimum absolute atomic E-state index is 0.118. The van der Waals surface area contributed by atoms with Crippen LogP contribution in [0.25, 0.3) is 0 Å². The predicted octanol–water partition coefficient (Wildman–Crippen LogP) is -0.291. The highest BCUT2D eigenvalue weighted by Crippen LogP contribution is 2.10. The number of nitrogens with zero attached hydrogens (tertiary/aromatic N) is 1. The van der Waals surface area contributed by atoms with Gasteiger partial charge in [-0.2, -0.15) is 0 Å². The molecule has 0 aromatic heterocycles. The third kappa shape index (κ3) is 4.24. The Bertz CT molecular complexity index is 165. The van der Waals surface area contributed by atoms with Gasteiger partial charge in [0, 0.05) is 19.5 Å². The molecule has 0 spiro atoms. The number of carbonyl (C=O) groups excluding carboxylic acids is 1. The molecule has 0 radical (unpaired) electrons. The van der Waals surface area contributed by atoms with Crippen molar-refractivity contribution >= 4 is 5.91 Å². The van der Waals surface area contributed by atoms with Crippen molar-refractivity contribution in [1.82, 2.24) is 4.90 Å². The van der Waals surface area contributed by atoms with E-state index in [1.165, 1.54) is 0 Å². The van der Waals surface area contributed by atoms with Gasteiger partial charge in [-0.3, -0.25) is 4.79 Å². The van der Waals surface area contributed by atoms with Gasteiger partial charge in [-0.05, 0) is 25.8 Å². The lowest BCUT2D eigenvalue weighted by Gasteiger charge is -2.29. The van der Waals surface area contributed by atoms with Crippen LogP contribution in [0.3, 0.4) is 0 Å². The zero-order valence-corrected chi connectivity index (χ0v) is 7.91.